The molecule has 178 valence electrons. The van der Waals surface area contributed by atoms with Crippen LogP contribution in [0.3, 0.4) is 0 Å². The molecule has 4 aromatic rings. The molecular weight excluding hydrogens is 459 g/mol. The first-order valence-electron chi connectivity index (χ1n) is 11.2. The number of aryl methyl sites for hydroxylation is 1. The smallest absolute Gasteiger partial charge is 0.256 e. The van der Waals surface area contributed by atoms with Crippen LogP contribution in [0.2, 0.25) is 0 Å². The van der Waals surface area contributed by atoms with Crippen molar-refractivity contribution in [1.29, 1.82) is 0 Å². The number of hydrogen-bond donors (Lipinski definition) is 2. The van der Waals surface area contributed by atoms with Gasteiger partial charge in [-0.3, -0.25) is 10.2 Å². The van der Waals surface area contributed by atoms with E-state index >= 15 is 0 Å². The zero-order valence-corrected chi connectivity index (χ0v) is 20.9. The van der Waals surface area contributed by atoms with E-state index in [-0.39, 0.29) is 11.3 Å². The lowest BCUT2D eigenvalue weighted by Gasteiger charge is -2.18. The average molecular weight is 487 g/mol. The Morgan fingerprint density at radius 1 is 0.971 bits per heavy atom. The maximum Gasteiger partial charge on any atom is 0.256 e. The van der Waals surface area contributed by atoms with E-state index < -0.39 is 5.82 Å². The highest BCUT2D eigenvalue weighted by atomic mass is 32.1. The van der Waals surface area contributed by atoms with E-state index in [1.54, 1.807) is 6.21 Å². The van der Waals surface area contributed by atoms with Crippen molar-refractivity contribution in [2.45, 2.75) is 33.1 Å². The lowest BCUT2D eigenvalue weighted by Crippen LogP contribution is -2.11. The van der Waals surface area contributed by atoms with Crippen molar-refractivity contribution in [2.75, 3.05) is 10.7 Å². The lowest BCUT2D eigenvalue weighted by atomic mass is 9.87. The van der Waals surface area contributed by atoms with Crippen LogP contribution in [0.1, 0.15) is 47.8 Å². The molecule has 0 bridgehead atoms. The molecule has 2 N–H and O–H groups in total. The number of carbonyl (C=O) groups is 1. The molecule has 1 amide bonds. The van der Waals surface area contributed by atoms with E-state index in [1.807, 2.05) is 43.3 Å². The molecule has 0 saturated carbocycles. The van der Waals surface area contributed by atoms with Crippen molar-refractivity contribution in [2.24, 2.45) is 5.10 Å². The number of hydrazone groups is 1. The van der Waals surface area contributed by atoms with E-state index in [0.717, 1.165) is 16.7 Å². The topological polar surface area (TPSA) is 66.4 Å². The molecular formula is C28H27FN4OS. The van der Waals surface area contributed by atoms with Crippen LogP contribution in [-0.4, -0.2) is 17.1 Å². The number of nitrogens with one attached hydrogen (secondary N) is 2. The van der Waals surface area contributed by atoms with Gasteiger partial charge in [-0.15, -0.1) is 0 Å². The van der Waals surface area contributed by atoms with Gasteiger partial charge in [-0.05, 0) is 47.7 Å². The molecule has 0 aliphatic heterocycles. The van der Waals surface area contributed by atoms with Gasteiger partial charge in [0, 0.05) is 11.1 Å². The molecule has 35 heavy (non-hydrogen) atoms. The Balaban J connectivity index is 1.55. The molecule has 1 aromatic heterocycles. The fourth-order valence-electron chi connectivity index (χ4n) is 3.37. The fourth-order valence-corrected chi connectivity index (χ4v) is 4.20. The van der Waals surface area contributed by atoms with Crippen LogP contribution in [-0.2, 0) is 5.41 Å². The first kappa shape index (κ1) is 24.3. The van der Waals surface area contributed by atoms with Crippen LogP contribution in [0, 0.1) is 12.7 Å². The van der Waals surface area contributed by atoms with Gasteiger partial charge in [0.2, 0.25) is 5.13 Å². The predicted octanol–water partition coefficient (Wildman–Crippen LogP) is 7.25. The van der Waals surface area contributed by atoms with Crippen molar-refractivity contribution in [3.8, 4) is 11.3 Å². The zero-order chi connectivity index (χ0) is 25.0. The number of carbonyl (C=O) groups excluding carboxylic acids is 1. The molecule has 4 rings (SSSR count). The summed E-state index contributed by atoms with van der Waals surface area (Å²) in [6, 6.07) is 21.6. The van der Waals surface area contributed by atoms with Crippen LogP contribution >= 0.6 is 11.3 Å². The fraction of sp³-hybridized carbons (Fsp3) is 0.179. The van der Waals surface area contributed by atoms with Crippen LogP contribution in [0.5, 0.6) is 0 Å². The monoisotopic (exact) mass is 486 g/mol. The standard InChI is InChI=1S/C28H27FN4OS/c1-18-5-9-20(10-6-18)24-26(32-25(34)21-11-15-23(29)16-12-21)35-27(31-24)33-30-17-19-7-13-22(14-8-19)28(2,3)4/h5-17H,1-4H3,(H,31,33)(H,32,34)/b30-17-. The Hall–Kier alpha value is -3.84. The second-order valence-electron chi connectivity index (χ2n) is 9.27. The van der Waals surface area contributed by atoms with Gasteiger partial charge in [-0.2, -0.15) is 5.10 Å². The van der Waals surface area contributed by atoms with Crippen LogP contribution < -0.4 is 10.7 Å². The average Bonchev–Trinajstić information content (AvgIpc) is 3.22. The minimum absolute atomic E-state index is 0.0932. The molecule has 5 nitrogen and oxygen atoms in total. The van der Waals surface area contributed by atoms with Gasteiger partial charge in [0.1, 0.15) is 16.5 Å². The summed E-state index contributed by atoms with van der Waals surface area (Å²) in [4.78, 5) is 17.4. The van der Waals surface area contributed by atoms with Crippen molar-refractivity contribution in [3.63, 3.8) is 0 Å². The number of aromatic nitrogens is 1. The maximum atomic E-state index is 13.2. The molecule has 0 atom stereocenters. The van der Waals surface area contributed by atoms with E-state index in [9.17, 15) is 9.18 Å². The largest absolute Gasteiger partial charge is 0.312 e. The number of halogens is 1. The summed E-state index contributed by atoms with van der Waals surface area (Å²) in [5, 5.41) is 8.36. The summed E-state index contributed by atoms with van der Waals surface area (Å²) in [6.45, 7) is 8.55. The van der Waals surface area contributed by atoms with Gasteiger partial charge in [0.25, 0.3) is 5.91 Å². The molecule has 0 aliphatic carbocycles. The number of benzene rings is 3. The van der Waals surface area contributed by atoms with Gasteiger partial charge >= 0.3 is 0 Å². The molecule has 7 heteroatoms. The quantitative estimate of drug-likeness (QED) is 0.223. The molecule has 0 aliphatic rings. The van der Waals surface area contributed by atoms with Gasteiger partial charge < -0.3 is 5.32 Å². The minimum Gasteiger partial charge on any atom is -0.312 e. The summed E-state index contributed by atoms with van der Waals surface area (Å²) >= 11 is 1.28. The minimum atomic E-state index is -0.392. The van der Waals surface area contributed by atoms with Gasteiger partial charge in [-0.25, -0.2) is 9.37 Å². The van der Waals surface area contributed by atoms with Crippen LogP contribution in [0.25, 0.3) is 11.3 Å². The van der Waals surface area contributed by atoms with Crippen molar-refractivity contribution < 1.29 is 9.18 Å². The maximum absolute atomic E-state index is 13.2. The first-order valence-corrected chi connectivity index (χ1v) is 12.0. The summed E-state index contributed by atoms with van der Waals surface area (Å²) in [6.07, 6.45) is 1.73. The van der Waals surface area contributed by atoms with E-state index in [0.29, 0.717) is 21.4 Å². The van der Waals surface area contributed by atoms with E-state index in [4.69, 9.17) is 0 Å². The van der Waals surface area contributed by atoms with Crippen molar-refractivity contribution in [3.05, 3.63) is 101 Å². The molecule has 0 unspecified atom stereocenters. The highest BCUT2D eigenvalue weighted by Gasteiger charge is 2.17. The Kier molecular flexibility index (Phi) is 7.07. The Morgan fingerprint density at radius 2 is 1.63 bits per heavy atom. The first-order chi connectivity index (χ1) is 16.7. The number of nitrogens with zero attached hydrogens (tertiary/aromatic N) is 2. The molecule has 0 fully saturated rings. The SMILES string of the molecule is Cc1ccc(-c2nc(N/N=C\c3ccc(C(C)(C)C)cc3)sc2NC(=O)c2ccc(F)cc2)cc1. The summed E-state index contributed by atoms with van der Waals surface area (Å²) < 4.78 is 13.2. The molecule has 0 saturated heterocycles. The van der Waals surface area contributed by atoms with Crippen LogP contribution in [0.4, 0.5) is 14.5 Å². The Labute approximate surface area is 208 Å². The molecule has 0 radical (unpaired) electrons. The second kappa shape index (κ2) is 10.2. The third-order valence-corrected chi connectivity index (χ3v) is 6.31. The summed E-state index contributed by atoms with van der Waals surface area (Å²) in [5.74, 6) is -0.729. The highest BCUT2D eigenvalue weighted by molar-refractivity contribution is 7.20. The Morgan fingerprint density at radius 3 is 2.26 bits per heavy atom. The predicted molar refractivity (Wildman–Crippen MR) is 143 cm³/mol. The third-order valence-electron chi connectivity index (χ3n) is 5.44. The zero-order valence-electron chi connectivity index (χ0n) is 20.1. The Bertz CT molecular complexity index is 1340. The number of thiazole rings is 1. The normalized spacial score (nSPS) is 11.6. The second-order valence-corrected chi connectivity index (χ2v) is 10.3. The van der Waals surface area contributed by atoms with E-state index in [2.05, 4.69) is 53.7 Å². The number of anilines is 2. The van der Waals surface area contributed by atoms with Gasteiger partial charge in [-0.1, -0.05) is 86.2 Å². The lowest BCUT2D eigenvalue weighted by molar-refractivity contribution is 0.102. The van der Waals surface area contributed by atoms with E-state index in [1.165, 1.54) is 41.2 Å². The number of amides is 1. The summed E-state index contributed by atoms with van der Waals surface area (Å²) in [7, 11) is 0. The molecule has 3 aromatic carbocycles. The molecule has 1 heterocycles. The third kappa shape index (κ3) is 6.19. The van der Waals surface area contributed by atoms with Gasteiger partial charge in [0.15, 0.2) is 0 Å². The summed E-state index contributed by atoms with van der Waals surface area (Å²) in [5.41, 5.74) is 8.29. The van der Waals surface area contributed by atoms with Crippen molar-refractivity contribution in [1.82, 2.24) is 4.98 Å². The number of rotatable bonds is 6. The van der Waals surface area contributed by atoms with Crippen molar-refractivity contribution >= 4 is 33.6 Å². The number of hydrogen-bond acceptors (Lipinski definition) is 5. The van der Waals surface area contributed by atoms with Crippen LogP contribution in [0.15, 0.2) is 77.9 Å². The highest BCUT2D eigenvalue weighted by Crippen LogP contribution is 2.36. The molecule has 0 spiro atoms. The van der Waals surface area contributed by atoms with Gasteiger partial charge in [0.05, 0.1) is 6.21 Å².